The topological polar surface area (TPSA) is 106 Å². The number of amides is 1. The summed E-state index contributed by atoms with van der Waals surface area (Å²) in [5.41, 5.74) is 5.14. The van der Waals surface area contributed by atoms with Crippen molar-refractivity contribution >= 4 is 33.5 Å². The fourth-order valence-electron chi connectivity index (χ4n) is 3.75. The van der Waals surface area contributed by atoms with Gasteiger partial charge in [0.15, 0.2) is 5.41 Å². The average Bonchev–Trinajstić information content (AvgIpc) is 2.88. The molecule has 1 spiro atoms. The van der Waals surface area contributed by atoms with E-state index in [0.29, 0.717) is 22.3 Å². The van der Waals surface area contributed by atoms with Crippen molar-refractivity contribution < 1.29 is 19.1 Å². The molecule has 1 aromatic rings. The van der Waals surface area contributed by atoms with Crippen molar-refractivity contribution in [3.05, 3.63) is 63.7 Å². The predicted octanol–water partition coefficient (Wildman–Crippen LogP) is 2.78. The first kappa shape index (κ1) is 19.7. The minimum Gasteiger partial charge on any atom is -0.458 e. The lowest BCUT2D eigenvalue weighted by Gasteiger charge is -2.34. The number of nitrogens with zero attached hydrogens (tertiary/aromatic N) is 2. The first-order valence-electron chi connectivity index (χ1n) is 8.54. The zero-order valence-corrected chi connectivity index (χ0v) is 17.0. The van der Waals surface area contributed by atoms with Crippen LogP contribution in [0, 0.1) is 11.3 Å². The monoisotopic (exact) mass is 443 g/mol. The Bertz CT molecular complexity index is 1010. The second kappa shape index (κ2) is 7.17. The molecule has 0 saturated heterocycles. The highest BCUT2D eigenvalue weighted by Crippen LogP contribution is 2.54. The van der Waals surface area contributed by atoms with E-state index in [1.807, 2.05) is 13.0 Å². The van der Waals surface area contributed by atoms with Gasteiger partial charge in [0.05, 0.1) is 0 Å². The van der Waals surface area contributed by atoms with Gasteiger partial charge in [0, 0.05) is 22.3 Å². The predicted molar refractivity (Wildman–Crippen MR) is 106 cm³/mol. The third kappa shape index (κ3) is 2.54. The number of anilines is 1. The second-order valence-corrected chi connectivity index (χ2v) is 7.15. The van der Waals surface area contributed by atoms with E-state index in [-0.39, 0.29) is 29.4 Å². The number of benzene rings is 1. The summed E-state index contributed by atoms with van der Waals surface area (Å²) in [6, 6.07) is 7.26. The Morgan fingerprint density at radius 1 is 1.54 bits per heavy atom. The molecule has 28 heavy (non-hydrogen) atoms. The van der Waals surface area contributed by atoms with Gasteiger partial charge in [-0.25, -0.2) is 4.79 Å². The second-order valence-electron chi connectivity index (χ2n) is 6.23. The van der Waals surface area contributed by atoms with Crippen molar-refractivity contribution in [2.24, 2.45) is 5.73 Å². The molecule has 0 aliphatic carbocycles. The number of halogens is 1. The molecule has 144 valence electrons. The molecule has 2 N–H and O–H groups in total. The van der Waals surface area contributed by atoms with E-state index >= 15 is 0 Å². The van der Waals surface area contributed by atoms with Gasteiger partial charge < -0.3 is 20.1 Å². The van der Waals surface area contributed by atoms with Crippen LogP contribution >= 0.6 is 15.9 Å². The summed E-state index contributed by atoms with van der Waals surface area (Å²) < 4.78 is 11.4. The van der Waals surface area contributed by atoms with E-state index in [0.717, 1.165) is 0 Å². The normalized spacial score (nSPS) is 20.8. The molecular formula is C20H18BrN3O4. The van der Waals surface area contributed by atoms with Crippen LogP contribution in [0.2, 0.25) is 0 Å². The fourth-order valence-corrected chi connectivity index (χ4v) is 4.11. The Kier molecular flexibility index (Phi) is 5.04. The van der Waals surface area contributed by atoms with Gasteiger partial charge in [-0.1, -0.05) is 28.6 Å². The van der Waals surface area contributed by atoms with Crippen LogP contribution in [0.4, 0.5) is 5.69 Å². The number of hydrogen-bond acceptors (Lipinski definition) is 6. The number of nitrogens with two attached hydrogens (primary N) is 1. The Balaban J connectivity index is 2.41. The molecule has 0 saturated carbocycles. The SMILES string of the molecule is C=CCOC(=O)C1=C(C)OC(N)=C(C#N)C12C(=O)N(CC)c1ccc(Br)cc12. The highest BCUT2D eigenvalue weighted by Gasteiger charge is 2.62. The molecule has 1 atom stereocenters. The minimum absolute atomic E-state index is 0.0518. The molecular weight excluding hydrogens is 426 g/mol. The van der Waals surface area contributed by atoms with E-state index < -0.39 is 17.3 Å². The number of ether oxygens (including phenoxy) is 2. The van der Waals surface area contributed by atoms with Crippen molar-refractivity contribution in [1.29, 1.82) is 5.26 Å². The Morgan fingerprint density at radius 2 is 2.25 bits per heavy atom. The number of carbonyl (C=O) groups is 2. The third-order valence-corrected chi connectivity index (χ3v) is 5.29. The first-order chi connectivity index (χ1) is 13.3. The molecule has 0 bridgehead atoms. The number of fused-ring (bicyclic) bond motifs is 2. The summed E-state index contributed by atoms with van der Waals surface area (Å²) in [7, 11) is 0. The van der Waals surface area contributed by atoms with Crippen LogP contribution in [-0.4, -0.2) is 25.0 Å². The Morgan fingerprint density at radius 3 is 2.86 bits per heavy atom. The van der Waals surface area contributed by atoms with Gasteiger partial charge in [-0.3, -0.25) is 4.79 Å². The van der Waals surface area contributed by atoms with Crippen molar-refractivity contribution in [3.63, 3.8) is 0 Å². The largest absolute Gasteiger partial charge is 0.458 e. The van der Waals surface area contributed by atoms with Gasteiger partial charge in [-0.15, -0.1) is 0 Å². The molecule has 3 rings (SSSR count). The van der Waals surface area contributed by atoms with Crippen LogP contribution in [0.1, 0.15) is 19.4 Å². The van der Waals surface area contributed by atoms with Gasteiger partial charge in [-0.2, -0.15) is 5.26 Å². The van der Waals surface area contributed by atoms with Crippen LogP contribution in [0.25, 0.3) is 0 Å². The quantitative estimate of drug-likeness (QED) is 0.566. The maximum Gasteiger partial charge on any atom is 0.339 e. The summed E-state index contributed by atoms with van der Waals surface area (Å²) in [6.45, 7) is 7.16. The Labute approximate surface area is 170 Å². The van der Waals surface area contributed by atoms with E-state index in [2.05, 4.69) is 22.5 Å². The van der Waals surface area contributed by atoms with Crippen LogP contribution in [0.5, 0.6) is 0 Å². The molecule has 1 aromatic carbocycles. The van der Waals surface area contributed by atoms with E-state index in [1.54, 1.807) is 18.2 Å². The maximum atomic E-state index is 13.7. The highest BCUT2D eigenvalue weighted by molar-refractivity contribution is 9.10. The standard InChI is InChI=1S/C20H18BrN3O4/c1-4-8-27-18(25)16-11(3)28-17(23)14(10-22)20(16)13-9-12(21)6-7-15(13)24(5-2)19(20)26/h4,6-7,9H,1,5,8,23H2,2-3H3. The van der Waals surface area contributed by atoms with Gasteiger partial charge in [0.2, 0.25) is 11.8 Å². The fraction of sp³-hybridized carbons (Fsp3) is 0.250. The summed E-state index contributed by atoms with van der Waals surface area (Å²) in [5, 5.41) is 9.88. The number of likely N-dealkylation sites (N-methyl/N-ethyl adjacent to an activating group) is 1. The first-order valence-corrected chi connectivity index (χ1v) is 9.33. The molecule has 2 aliphatic rings. The summed E-state index contributed by atoms with van der Waals surface area (Å²) in [6.07, 6.45) is 1.42. The number of allylic oxidation sites excluding steroid dienone is 1. The number of hydrogen-bond donors (Lipinski definition) is 1. The van der Waals surface area contributed by atoms with Crippen LogP contribution in [0.3, 0.4) is 0 Å². The lowest BCUT2D eigenvalue weighted by atomic mass is 9.68. The maximum absolute atomic E-state index is 13.7. The van der Waals surface area contributed by atoms with Crippen molar-refractivity contribution in [2.75, 3.05) is 18.1 Å². The van der Waals surface area contributed by atoms with Crippen molar-refractivity contribution in [3.8, 4) is 6.07 Å². The molecule has 8 heteroatoms. The van der Waals surface area contributed by atoms with Gasteiger partial charge in [0.1, 0.15) is 29.6 Å². The lowest BCUT2D eigenvalue weighted by Crippen LogP contribution is -2.48. The van der Waals surface area contributed by atoms with E-state index in [4.69, 9.17) is 15.2 Å². The molecule has 0 aromatic heterocycles. The van der Waals surface area contributed by atoms with E-state index in [1.165, 1.54) is 17.9 Å². The van der Waals surface area contributed by atoms with Gasteiger partial charge >= 0.3 is 5.97 Å². The molecule has 1 amide bonds. The molecule has 2 heterocycles. The third-order valence-electron chi connectivity index (χ3n) is 4.80. The van der Waals surface area contributed by atoms with Crippen LogP contribution < -0.4 is 10.6 Å². The smallest absolute Gasteiger partial charge is 0.339 e. The molecule has 1 unspecified atom stereocenters. The van der Waals surface area contributed by atoms with Crippen molar-refractivity contribution in [2.45, 2.75) is 19.3 Å². The van der Waals surface area contributed by atoms with Gasteiger partial charge in [0.25, 0.3) is 0 Å². The van der Waals surface area contributed by atoms with Crippen LogP contribution in [-0.2, 0) is 24.5 Å². The average molecular weight is 444 g/mol. The van der Waals surface area contributed by atoms with Crippen LogP contribution in [0.15, 0.2) is 58.1 Å². The molecule has 0 fully saturated rings. The number of nitriles is 1. The molecule has 2 aliphatic heterocycles. The Hall–Kier alpha value is -3.05. The number of carbonyl (C=O) groups excluding carboxylic acids is 2. The van der Waals surface area contributed by atoms with Gasteiger partial charge in [-0.05, 0) is 32.0 Å². The summed E-state index contributed by atoms with van der Waals surface area (Å²) >= 11 is 3.41. The number of esters is 1. The zero-order valence-electron chi connectivity index (χ0n) is 15.4. The highest BCUT2D eigenvalue weighted by atomic mass is 79.9. The lowest BCUT2D eigenvalue weighted by molar-refractivity contribution is -0.140. The van der Waals surface area contributed by atoms with E-state index in [9.17, 15) is 14.9 Å². The summed E-state index contributed by atoms with van der Waals surface area (Å²) in [5.74, 6) is -1.31. The number of rotatable bonds is 4. The zero-order chi connectivity index (χ0) is 20.6. The minimum atomic E-state index is -1.73. The molecule has 7 nitrogen and oxygen atoms in total. The molecule has 0 radical (unpaired) electrons. The van der Waals surface area contributed by atoms with Crippen molar-refractivity contribution in [1.82, 2.24) is 0 Å². The summed E-state index contributed by atoms with van der Waals surface area (Å²) in [4.78, 5) is 28.2.